The molecule has 0 aromatic carbocycles. The summed E-state index contributed by atoms with van der Waals surface area (Å²) >= 11 is 0. The molecule has 4 fully saturated rings. The quantitative estimate of drug-likeness (QED) is 0.877. The molecule has 2 heteroatoms. The van der Waals surface area contributed by atoms with Crippen LogP contribution in [0.4, 0.5) is 0 Å². The SMILES string of the molecule is Cc1ccncc1C(O)C12CC3CC(CC(C3)C1)C2. The highest BCUT2D eigenvalue weighted by Gasteiger charge is 2.54. The standard InChI is InChI=1S/C17H23NO/c1-11-2-3-18-10-15(11)16(19)17-7-12-4-13(8-17)6-14(5-12)9-17/h2-3,10,12-14,16,19H,4-9H2,1H3. The third kappa shape index (κ3) is 1.76. The third-order valence-corrected chi connectivity index (χ3v) is 6.04. The topological polar surface area (TPSA) is 33.1 Å². The van der Waals surface area contributed by atoms with Crippen LogP contribution in [0.2, 0.25) is 0 Å². The lowest BCUT2D eigenvalue weighted by Gasteiger charge is -2.58. The maximum absolute atomic E-state index is 11.0. The van der Waals surface area contributed by atoms with Crippen molar-refractivity contribution in [1.82, 2.24) is 4.98 Å². The first-order chi connectivity index (χ1) is 9.16. The summed E-state index contributed by atoms with van der Waals surface area (Å²) in [6, 6.07) is 2.03. The Morgan fingerprint density at radius 1 is 1.16 bits per heavy atom. The second-order valence-electron chi connectivity index (χ2n) is 7.41. The molecule has 1 aromatic rings. The van der Waals surface area contributed by atoms with E-state index in [9.17, 15) is 5.11 Å². The highest BCUT2D eigenvalue weighted by Crippen LogP contribution is 2.64. The van der Waals surface area contributed by atoms with Gasteiger partial charge in [-0.1, -0.05) is 0 Å². The molecule has 1 unspecified atom stereocenters. The molecular formula is C17H23NO. The number of aryl methyl sites for hydroxylation is 1. The molecule has 2 nitrogen and oxygen atoms in total. The number of aliphatic hydroxyl groups is 1. The molecule has 0 spiro atoms. The van der Waals surface area contributed by atoms with Crippen molar-refractivity contribution in [1.29, 1.82) is 0 Å². The van der Waals surface area contributed by atoms with Crippen LogP contribution < -0.4 is 0 Å². The summed E-state index contributed by atoms with van der Waals surface area (Å²) in [6.07, 6.45) is 11.4. The van der Waals surface area contributed by atoms with Crippen LogP contribution >= 0.6 is 0 Å². The largest absolute Gasteiger partial charge is 0.388 e. The molecule has 0 amide bonds. The van der Waals surface area contributed by atoms with Crippen molar-refractivity contribution in [3.8, 4) is 0 Å². The summed E-state index contributed by atoms with van der Waals surface area (Å²) in [5.74, 6) is 2.66. The first kappa shape index (κ1) is 11.9. The van der Waals surface area contributed by atoms with E-state index in [4.69, 9.17) is 0 Å². The fraction of sp³-hybridized carbons (Fsp3) is 0.706. The van der Waals surface area contributed by atoms with Crippen LogP contribution in [-0.2, 0) is 0 Å². The Morgan fingerprint density at radius 3 is 2.26 bits per heavy atom. The van der Waals surface area contributed by atoms with Gasteiger partial charge in [-0.2, -0.15) is 0 Å². The van der Waals surface area contributed by atoms with Gasteiger partial charge in [0.2, 0.25) is 0 Å². The molecule has 19 heavy (non-hydrogen) atoms. The average Bonchev–Trinajstić information content (AvgIpc) is 2.37. The van der Waals surface area contributed by atoms with Gasteiger partial charge in [0, 0.05) is 23.4 Å². The second-order valence-corrected chi connectivity index (χ2v) is 7.41. The Morgan fingerprint density at radius 2 is 1.74 bits per heavy atom. The van der Waals surface area contributed by atoms with Crippen LogP contribution in [0, 0.1) is 30.1 Å². The first-order valence-electron chi connectivity index (χ1n) is 7.75. The monoisotopic (exact) mass is 257 g/mol. The second kappa shape index (κ2) is 4.05. The number of nitrogens with zero attached hydrogens (tertiary/aromatic N) is 1. The van der Waals surface area contributed by atoms with Crippen LogP contribution in [0.3, 0.4) is 0 Å². The van der Waals surface area contributed by atoms with Crippen molar-refractivity contribution in [2.24, 2.45) is 23.2 Å². The molecular weight excluding hydrogens is 234 g/mol. The zero-order valence-electron chi connectivity index (χ0n) is 11.7. The summed E-state index contributed by atoms with van der Waals surface area (Å²) in [5, 5.41) is 11.0. The van der Waals surface area contributed by atoms with Crippen LogP contribution in [0.5, 0.6) is 0 Å². The number of aromatic nitrogens is 1. The van der Waals surface area contributed by atoms with Crippen LogP contribution in [-0.4, -0.2) is 10.1 Å². The molecule has 1 heterocycles. The maximum atomic E-state index is 11.0. The van der Waals surface area contributed by atoms with E-state index in [1.807, 2.05) is 18.5 Å². The fourth-order valence-corrected chi connectivity index (χ4v) is 5.60. The third-order valence-electron chi connectivity index (χ3n) is 6.04. The Kier molecular flexibility index (Phi) is 2.54. The maximum Gasteiger partial charge on any atom is 0.0863 e. The minimum atomic E-state index is -0.297. The van der Waals surface area contributed by atoms with Crippen LogP contribution in [0.25, 0.3) is 0 Å². The summed E-state index contributed by atoms with van der Waals surface area (Å²) < 4.78 is 0. The lowest BCUT2D eigenvalue weighted by atomic mass is 9.47. The normalized spacial score (nSPS) is 41.5. The molecule has 4 bridgehead atoms. The van der Waals surface area contributed by atoms with Crippen molar-refractivity contribution in [3.63, 3.8) is 0 Å². The average molecular weight is 257 g/mol. The predicted octanol–water partition coefficient (Wildman–Crippen LogP) is 3.64. The Labute approximate surface area is 115 Å². The smallest absolute Gasteiger partial charge is 0.0863 e. The molecule has 1 N–H and O–H groups in total. The lowest BCUT2D eigenvalue weighted by molar-refractivity contribution is -0.122. The Hall–Kier alpha value is -0.890. The van der Waals surface area contributed by atoms with Gasteiger partial charge in [0.1, 0.15) is 0 Å². The van der Waals surface area contributed by atoms with Gasteiger partial charge in [0.05, 0.1) is 6.10 Å². The van der Waals surface area contributed by atoms with Gasteiger partial charge in [-0.15, -0.1) is 0 Å². The molecule has 0 aliphatic heterocycles. The van der Waals surface area contributed by atoms with Crippen molar-refractivity contribution in [2.75, 3.05) is 0 Å². The van der Waals surface area contributed by atoms with Gasteiger partial charge in [-0.05, 0) is 74.8 Å². The first-order valence-corrected chi connectivity index (χ1v) is 7.75. The van der Waals surface area contributed by atoms with E-state index in [0.717, 1.165) is 23.3 Å². The molecule has 102 valence electrons. The lowest BCUT2D eigenvalue weighted by Crippen LogP contribution is -2.49. The minimum absolute atomic E-state index is 0.169. The number of rotatable bonds is 2. The van der Waals surface area contributed by atoms with E-state index in [2.05, 4.69) is 11.9 Å². The van der Waals surface area contributed by atoms with E-state index in [1.165, 1.54) is 44.1 Å². The van der Waals surface area contributed by atoms with Crippen LogP contribution in [0.15, 0.2) is 18.5 Å². The molecule has 4 aliphatic carbocycles. The molecule has 0 radical (unpaired) electrons. The molecule has 5 rings (SSSR count). The van der Waals surface area contributed by atoms with Gasteiger partial charge in [-0.25, -0.2) is 0 Å². The predicted molar refractivity (Wildman–Crippen MR) is 74.5 cm³/mol. The number of hydrogen-bond donors (Lipinski definition) is 1. The van der Waals surface area contributed by atoms with Crippen molar-refractivity contribution < 1.29 is 5.11 Å². The number of hydrogen-bond acceptors (Lipinski definition) is 2. The summed E-state index contributed by atoms with van der Waals surface area (Å²) in [4.78, 5) is 4.23. The van der Waals surface area contributed by atoms with E-state index < -0.39 is 0 Å². The molecule has 1 aromatic heterocycles. The highest BCUT2D eigenvalue weighted by molar-refractivity contribution is 5.26. The van der Waals surface area contributed by atoms with E-state index in [0.29, 0.717) is 0 Å². The van der Waals surface area contributed by atoms with Gasteiger partial charge in [0.25, 0.3) is 0 Å². The van der Waals surface area contributed by atoms with Crippen LogP contribution in [0.1, 0.15) is 55.8 Å². The van der Waals surface area contributed by atoms with E-state index >= 15 is 0 Å². The van der Waals surface area contributed by atoms with Crippen molar-refractivity contribution >= 4 is 0 Å². The zero-order chi connectivity index (χ0) is 13.0. The van der Waals surface area contributed by atoms with Gasteiger partial charge in [0.15, 0.2) is 0 Å². The summed E-state index contributed by atoms with van der Waals surface area (Å²) in [7, 11) is 0. The minimum Gasteiger partial charge on any atom is -0.388 e. The molecule has 1 atom stereocenters. The van der Waals surface area contributed by atoms with Crippen molar-refractivity contribution in [2.45, 2.75) is 51.6 Å². The zero-order valence-corrected chi connectivity index (χ0v) is 11.7. The molecule has 0 saturated heterocycles. The fourth-order valence-electron chi connectivity index (χ4n) is 5.60. The summed E-state index contributed by atoms with van der Waals surface area (Å²) in [6.45, 7) is 2.10. The van der Waals surface area contributed by atoms with Gasteiger partial charge >= 0.3 is 0 Å². The Balaban J connectivity index is 1.70. The number of pyridine rings is 1. The van der Waals surface area contributed by atoms with Crippen molar-refractivity contribution in [3.05, 3.63) is 29.6 Å². The van der Waals surface area contributed by atoms with Gasteiger partial charge < -0.3 is 5.11 Å². The Bertz CT molecular complexity index is 461. The van der Waals surface area contributed by atoms with E-state index in [-0.39, 0.29) is 11.5 Å². The highest BCUT2D eigenvalue weighted by atomic mass is 16.3. The summed E-state index contributed by atoms with van der Waals surface area (Å²) in [5.41, 5.74) is 2.44. The van der Waals surface area contributed by atoms with E-state index in [1.54, 1.807) is 0 Å². The molecule has 4 aliphatic rings. The number of aliphatic hydroxyl groups excluding tert-OH is 1. The van der Waals surface area contributed by atoms with Gasteiger partial charge in [-0.3, -0.25) is 4.98 Å². The molecule has 4 saturated carbocycles.